The highest BCUT2D eigenvalue weighted by molar-refractivity contribution is 7.10. The Morgan fingerprint density at radius 1 is 0.946 bits per heavy atom. The van der Waals surface area contributed by atoms with Gasteiger partial charge >= 0.3 is 5.97 Å². The summed E-state index contributed by atoms with van der Waals surface area (Å²) >= 11 is 1.68. The van der Waals surface area contributed by atoms with Crippen molar-refractivity contribution in [2.24, 2.45) is 0 Å². The Hall–Kier alpha value is -3.57. The minimum atomic E-state index is -0.459. The number of fused-ring (bicyclic) bond motifs is 2. The second-order valence-corrected chi connectivity index (χ2v) is 11.0. The monoisotopic (exact) mass is 507 g/mol. The van der Waals surface area contributed by atoms with E-state index in [2.05, 4.69) is 29.7 Å². The lowest BCUT2D eigenvalue weighted by atomic mass is 9.84. The third kappa shape index (κ3) is 4.88. The van der Waals surface area contributed by atoms with Gasteiger partial charge in [0.1, 0.15) is 0 Å². The van der Waals surface area contributed by atoms with Crippen LogP contribution in [0.2, 0.25) is 0 Å². The fourth-order valence-electron chi connectivity index (χ4n) is 5.72. The van der Waals surface area contributed by atoms with Crippen molar-refractivity contribution < 1.29 is 14.3 Å². The van der Waals surface area contributed by atoms with Crippen molar-refractivity contribution in [3.05, 3.63) is 98.9 Å². The highest BCUT2D eigenvalue weighted by atomic mass is 32.1. The highest BCUT2D eigenvalue weighted by Gasteiger charge is 2.28. The molecule has 2 heterocycles. The minimum Gasteiger partial charge on any atom is -0.454 e. The number of hydrogen-bond donors (Lipinski definition) is 0. The lowest BCUT2D eigenvalue weighted by Crippen LogP contribution is -2.16. The molecule has 2 aliphatic rings. The van der Waals surface area contributed by atoms with Gasteiger partial charge in [0.25, 0.3) is 0 Å². The van der Waals surface area contributed by atoms with Crippen molar-refractivity contribution >= 4 is 45.6 Å². The summed E-state index contributed by atoms with van der Waals surface area (Å²) in [5.74, 6) is -0.0483. The molecule has 6 rings (SSSR count). The molecule has 2 aromatic heterocycles. The number of benzene rings is 2. The Morgan fingerprint density at radius 3 is 2.54 bits per heavy atom. The first-order valence-electron chi connectivity index (χ1n) is 13.1. The lowest BCUT2D eigenvalue weighted by Gasteiger charge is -2.22. The second-order valence-electron chi connectivity index (χ2n) is 9.97. The minimum absolute atomic E-state index is 0.183. The van der Waals surface area contributed by atoms with Gasteiger partial charge < -0.3 is 4.74 Å². The summed E-state index contributed by atoms with van der Waals surface area (Å²) in [6, 6.07) is 19.7. The molecule has 0 unspecified atom stereocenters. The van der Waals surface area contributed by atoms with Crippen LogP contribution >= 0.6 is 11.3 Å². The standard InChI is InChI=1S/C32H29NO3S/c34-29(23-14-12-22(13-15-23)21-7-2-1-3-8-21)20-36-32(35)30-26-10-4-5-11-28(26)33-31-24(16-17-27(30)31)19-25-9-6-18-37-25/h4-6,9-15,18-19,21H,1-3,7-8,16-17,20H2/b24-19+. The van der Waals surface area contributed by atoms with Crippen molar-refractivity contribution in [3.63, 3.8) is 0 Å². The first-order valence-corrected chi connectivity index (χ1v) is 14.0. The van der Waals surface area contributed by atoms with Gasteiger partial charge in [-0.25, -0.2) is 9.78 Å². The van der Waals surface area contributed by atoms with E-state index in [0.717, 1.165) is 40.6 Å². The summed E-state index contributed by atoms with van der Waals surface area (Å²) in [5.41, 5.74) is 6.09. The molecule has 4 nitrogen and oxygen atoms in total. The normalized spacial score (nSPS) is 16.7. The predicted molar refractivity (Wildman–Crippen MR) is 149 cm³/mol. The highest BCUT2D eigenvalue weighted by Crippen LogP contribution is 2.38. The molecule has 5 heteroatoms. The molecule has 0 saturated heterocycles. The molecule has 0 N–H and O–H groups in total. The largest absolute Gasteiger partial charge is 0.454 e. The molecule has 0 radical (unpaired) electrons. The molecule has 0 aliphatic heterocycles. The van der Waals surface area contributed by atoms with Gasteiger partial charge in [0, 0.05) is 15.8 Å². The van der Waals surface area contributed by atoms with Crippen LogP contribution < -0.4 is 0 Å². The van der Waals surface area contributed by atoms with E-state index in [9.17, 15) is 9.59 Å². The van der Waals surface area contributed by atoms with E-state index in [-0.39, 0.29) is 12.4 Å². The molecule has 37 heavy (non-hydrogen) atoms. The van der Waals surface area contributed by atoms with E-state index < -0.39 is 5.97 Å². The quantitative estimate of drug-likeness (QED) is 0.197. The molecule has 0 spiro atoms. The van der Waals surface area contributed by atoms with E-state index in [1.54, 1.807) is 11.3 Å². The maximum absolute atomic E-state index is 13.4. The third-order valence-corrected chi connectivity index (χ3v) is 8.47. The van der Waals surface area contributed by atoms with E-state index in [0.29, 0.717) is 17.0 Å². The molecule has 1 fully saturated rings. The van der Waals surface area contributed by atoms with Crippen LogP contribution in [-0.2, 0) is 11.2 Å². The molecule has 1 saturated carbocycles. The van der Waals surface area contributed by atoms with Gasteiger partial charge in [-0.2, -0.15) is 0 Å². The number of pyridine rings is 1. The van der Waals surface area contributed by atoms with Crippen molar-refractivity contribution in [2.75, 3.05) is 6.61 Å². The molecule has 186 valence electrons. The summed E-state index contributed by atoms with van der Waals surface area (Å²) in [7, 11) is 0. The number of para-hydroxylation sites is 1. The molecule has 2 aromatic carbocycles. The summed E-state index contributed by atoms with van der Waals surface area (Å²) < 4.78 is 5.63. The van der Waals surface area contributed by atoms with Crippen LogP contribution in [-0.4, -0.2) is 23.3 Å². The van der Waals surface area contributed by atoms with Crippen molar-refractivity contribution in [2.45, 2.75) is 50.9 Å². The summed E-state index contributed by atoms with van der Waals surface area (Å²) in [6.07, 6.45) is 10.0. The summed E-state index contributed by atoms with van der Waals surface area (Å²) in [4.78, 5) is 32.4. The van der Waals surface area contributed by atoms with Gasteiger partial charge in [0.15, 0.2) is 12.4 Å². The number of carbonyl (C=O) groups is 2. The number of thiophene rings is 1. The van der Waals surface area contributed by atoms with Gasteiger partial charge in [0.2, 0.25) is 0 Å². The fraction of sp³-hybridized carbons (Fsp3) is 0.281. The molecule has 2 aliphatic carbocycles. The lowest BCUT2D eigenvalue weighted by molar-refractivity contribution is 0.0475. The smallest absolute Gasteiger partial charge is 0.339 e. The maximum Gasteiger partial charge on any atom is 0.339 e. The molecular weight excluding hydrogens is 478 g/mol. The fourth-order valence-corrected chi connectivity index (χ4v) is 6.40. The van der Waals surface area contributed by atoms with E-state index in [1.807, 2.05) is 42.5 Å². The van der Waals surface area contributed by atoms with Gasteiger partial charge in [0.05, 0.1) is 16.8 Å². The Bertz CT molecular complexity index is 1480. The number of ether oxygens (including phenoxy) is 1. The first kappa shape index (κ1) is 23.8. The topological polar surface area (TPSA) is 56.3 Å². The van der Waals surface area contributed by atoms with Crippen LogP contribution in [0.25, 0.3) is 22.6 Å². The number of Topliss-reactive ketones (excluding diaryl/α,β-unsaturated/α-hetero) is 1. The second kappa shape index (κ2) is 10.4. The first-order chi connectivity index (χ1) is 18.2. The molecular formula is C32H29NO3S. The zero-order valence-corrected chi connectivity index (χ0v) is 21.6. The molecule has 0 amide bonds. The predicted octanol–water partition coefficient (Wildman–Crippen LogP) is 7.87. The van der Waals surface area contributed by atoms with Gasteiger partial charge in [-0.15, -0.1) is 11.3 Å². The van der Waals surface area contributed by atoms with Crippen LogP contribution in [0.4, 0.5) is 0 Å². The van der Waals surface area contributed by atoms with Crippen molar-refractivity contribution in [3.8, 4) is 0 Å². The van der Waals surface area contributed by atoms with Crippen LogP contribution in [0.5, 0.6) is 0 Å². The number of esters is 1. The number of aromatic nitrogens is 1. The zero-order chi connectivity index (χ0) is 25.2. The molecule has 4 aromatic rings. The van der Waals surface area contributed by atoms with Gasteiger partial charge in [-0.05, 0) is 71.9 Å². The number of hydrogen-bond acceptors (Lipinski definition) is 5. The average molecular weight is 508 g/mol. The Morgan fingerprint density at radius 2 is 1.76 bits per heavy atom. The Labute approximate surface area is 221 Å². The average Bonchev–Trinajstić information content (AvgIpc) is 3.61. The summed E-state index contributed by atoms with van der Waals surface area (Å²) in [5, 5.41) is 2.83. The van der Waals surface area contributed by atoms with E-state index in [4.69, 9.17) is 9.72 Å². The SMILES string of the molecule is O=C(COC(=O)c1c2c(nc3ccccc13)/C(=C/c1cccs1)CC2)c1ccc(C2CCCCC2)cc1. The number of rotatable bonds is 6. The van der Waals surface area contributed by atoms with Crippen molar-refractivity contribution in [1.82, 2.24) is 4.98 Å². The van der Waals surface area contributed by atoms with Crippen LogP contribution in [0.15, 0.2) is 66.0 Å². The van der Waals surface area contributed by atoms with Crippen LogP contribution in [0, 0.1) is 0 Å². The maximum atomic E-state index is 13.4. The van der Waals surface area contributed by atoms with E-state index in [1.165, 1.54) is 42.5 Å². The Kier molecular flexibility index (Phi) is 6.71. The van der Waals surface area contributed by atoms with Gasteiger partial charge in [-0.1, -0.05) is 67.8 Å². The zero-order valence-electron chi connectivity index (χ0n) is 20.7. The van der Waals surface area contributed by atoms with Crippen LogP contribution in [0.3, 0.4) is 0 Å². The van der Waals surface area contributed by atoms with Crippen molar-refractivity contribution in [1.29, 1.82) is 0 Å². The third-order valence-electron chi connectivity index (χ3n) is 7.65. The van der Waals surface area contributed by atoms with Crippen LogP contribution in [0.1, 0.15) is 86.9 Å². The summed E-state index contributed by atoms with van der Waals surface area (Å²) in [6.45, 7) is -0.273. The molecule has 0 bridgehead atoms. The Balaban J connectivity index is 1.23. The number of ketones is 1. The number of allylic oxidation sites excluding steroid dienone is 1. The van der Waals surface area contributed by atoms with Gasteiger partial charge in [-0.3, -0.25) is 4.79 Å². The number of carbonyl (C=O) groups excluding carboxylic acids is 2. The molecule has 0 atom stereocenters. The number of nitrogens with zero attached hydrogens (tertiary/aromatic N) is 1. The van der Waals surface area contributed by atoms with E-state index >= 15 is 0 Å².